The highest BCUT2D eigenvalue weighted by atomic mass is 32.2. The second-order valence-electron chi connectivity index (χ2n) is 5.29. The topological polar surface area (TPSA) is 12.0 Å². The Morgan fingerprint density at radius 2 is 1.76 bits per heavy atom. The molecule has 21 heavy (non-hydrogen) atoms. The SMILES string of the molecule is Fc1cccc(F)c1CSc1cccc(CNC2CC2)c1. The van der Waals surface area contributed by atoms with Crippen LogP contribution in [0.3, 0.4) is 0 Å². The Morgan fingerprint density at radius 1 is 1.05 bits per heavy atom. The maximum absolute atomic E-state index is 13.6. The van der Waals surface area contributed by atoms with Crippen molar-refractivity contribution in [3.05, 3.63) is 65.2 Å². The third kappa shape index (κ3) is 4.05. The Kier molecular flexibility index (Phi) is 4.56. The van der Waals surface area contributed by atoms with Crippen LogP contribution in [-0.2, 0) is 12.3 Å². The van der Waals surface area contributed by atoms with Gasteiger partial charge in [0.2, 0.25) is 0 Å². The molecule has 0 aliphatic heterocycles. The predicted octanol–water partition coefficient (Wildman–Crippen LogP) is 4.51. The van der Waals surface area contributed by atoms with E-state index in [2.05, 4.69) is 17.4 Å². The van der Waals surface area contributed by atoms with Crippen LogP contribution >= 0.6 is 11.8 Å². The molecule has 0 aromatic heterocycles. The molecule has 0 heterocycles. The molecule has 1 aliphatic carbocycles. The third-order valence-electron chi connectivity index (χ3n) is 3.52. The molecule has 2 aromatic rings. The van der Waals surface area contributed by atoms with Gasteiger partial charge in [-0.3, -0.25) is 0 Å². The van der Waals surface area contributed by atoms with E-state index in [1.807, 2.05) is 12.1 Å². The number of hydrogen-bond acceptors (Lipinski definition) is 2. The van der Waals surface area contributed by atoms with Crippen molar-refractivity contribution in [3.8, 4) is 0 Å². The van der Waals surface area contributed by atoms with Gasteiger partial charge in [-0.2, -0.15) is 0 Å². The minimum Gasteiger partial charge on any atom is -0.310 e. The van der Waals surface area contributed by atoms with Gasteiger partial charge in [0.05, 0.1) is 0 Å². The van der Waals surface area contributed by atoms with Crippen molar-refractivity contribution >= 4 is 11.8 Å². The molecule has 1 N–H and O–H groups in total. The number of halogens is 2. The molecular formula is C17H17F2NS. The molecule has 0 spiro atoms. The fourth-order valence-corrected chi connectivity index (χ4v) is 3.12. The van der Waals surface area contributed by atoms with Crippen LogP contribution in [0.15, 0.2) is 47.4 Å². The number of nitrogens with one attached hydrogen (secondary N) is 1. The maximum atomic E-state index is 13.6. The fraction of sp³-hybridized carbons (Fsp3) is 0.294. The summed E-state index contributed by atoms with van der Waals surface area (Å²) in [7, 11) is 0. The van der Waals surface area contributed by atoms with E-state index in [-0.39, 0.29) is 5.56 Å². The molecule has 0 unspecified atom stereocenters. The first-order valence-electron chi connectivity index (χ1n) is 7.10. The first-order valence-corrected chi connectivity index (χ1v) is 8.09. The van der Waals surface area contributed by atoms with Gasteiger partial charge < -0.3 is 5.32 Å². The normalized spacial score (nSPS) is 14.4. The van der Waals surface area contributed by atoms with Crippen LogP contribution < -0.4 is 5.32 Å². The monoisotopic (exact) mass is 305 g/mol. The lowest BCUT2D eigenvalue weighted by Crippen LogP contribution is -2.15. The third-order valence-corrected chi connectivity index (χ3v) is 4.54. The minimum atomic E-state index is -0.478. The summed E-state index contributed by atoms with van der Waals surface area (Å²) < 4.78 is 27.2. The van der Waals surface area contributed by atoms with Gasteiger partial charge in [0, 0.05) is 28.8 Å². The number of thioether (sulfide) groups is 1. The Morgan fingerprint density at radius 3 is 2.48 bits per heavy atom. The molecule has 0 radical (unpaired) electrons. The highest BCUT2D eigenvalue weighted by Crippen LogP contribution is 2.26. The minimum absolute atomic E-state index is 0.143. The van der Waals surface area contributed by atoms with Gasteiger partial charge in [-0.1, -0.05) is 18.2 Å². The van der Waals surface area contributed by atoms with Gasteiger partial charge in [-0.25, -0.2) is 8.78 Å². The fourth-order valence-electron chi connectivity index (χ4n) is 2.12. The molecule has 0 atom stereocenters. The summed E-state index contributed by atoms with van der Waals surface area (Å²) in [4.78, 5) is 1.03. The smallest absolute Gasteiger partial charge is 0.130 e. The second kappa shape index (κ2) is 6.58. The molecule has 1 fully saturated rings. The van der Waals surface area contributed by atoms with Crippen molar-refractivity contribution in [2.24, 2.45) is 0 Å². The summed E-state index contributed by atoms with van der Waals surface area (Å²) in [5.41, 5.74) is 1.35. The van der Waals surface area contributed by atoms with Crippen LogP contribution in [0.5, 0.6) is 0 Å². The summed E-state index contributed by atoms with van der Waals surface area (Å²) in [6, 6.07) is 12.8. The lowest BCUT2D eigenvalue weighted by molar-refractivity contribution is 0.566. The number of benzene rings is 2. The van der Waals surface area contributed by atoms with E-state index in [0.29, 0.717) is 11.8 Å². The van der Waals surface area contributed by atoms with Gasteiger partial charge in [0.1, 0.15) is 11.6 Å². The average Bonchev–Trinajstić information content (AvgIpc) is 3.29. The summed E-state index contributed by atoms with van der Waals surface area (Å²) in [5, 5.41) is 3.46. The molecule has 110 valence electrons. The van der Waals surface area contributed by atoms with Crippen molar-refractivity contribution in [1.82, 2.24) is 5.32 Å². The largest absolute Gasteiger partial charge is 0.310 e. The quantitative estimate of drug-likeness (QED) is 0.788. The predicted molar refractivity (Wildman–Crippen MR) is 82.2 cm³/mol. The van der Waals surface area contributed by atoms with E-state index in [4.69, 9.17) is 0 Å². The van der Waals surface area contributed by atoms with Crippen molar-refractivity contribution in [2.45, 2.75) is 36.1 Å². The van der Waals surface area contributed by atoms with Gasteiger partial charge in [0.15, 0.2) is 0 Å². The Labute approximate surface area is 127 Å². The summed E-state index contributed by atoms with van der Waals surface area (Å²) in [5.74, 6) is -0.652. The first-order chi connectivity index (χ1) is 10.2. The molecule has 0 bridgehead atoms. The van der Waals surface area contributed by atoms with Crippen LogP contribution in [0, 0.1) is 11.6 Å². The lowest BCUT2D eigenvalue weighted by Gasteiger charge is -2.07. The zero-order valence-electron chi connectivity index (χ0n) is 11.6. The van der Waals surface area contributed by atoms with Gasteiger partial charge in [-0.05, 0) is 42.7 Å². The van der Waals surface area contributed by atoms with Gasteiger partial charge in [-0.15, -0.1) is 11.8 Å². The first kappa shape index (κ1) is 14.5. The van der Waals surface area contributed by atoms with E-state index in [9.17, 15) is 8.78 Å². The highest BCUT2D eigenvalue weighted by Gasteiger charge is 2.19. The molecule has 4 heteroatoms. The van der Waals surface area contributed by atoms with Crippen LogP contribution in [0.4, 0.5) is 8.78 Å². The Hall–Kier alpha value is -1.39. The number of hydrogen-bond donors (Lipinski definition) is 1. The highest BCUT2D eigenvalue weighted by molar-refractivity contribution is 7.98. The van der Waals surface area contributed by atoms with E-state index in [1.54, 1.807) is 0 Å². The molecule has 3 rings (SSSR count). The van der Waals surface area contributed by atoms with Crippen molar-refractivity contribution in [2.75, 3.05) is 0 Å². The summed E-state index contributed by atoms with van der Waals surface area (Å²) in [6.45, 7) is 0.854. The van der Waals surface area contributed by atoms with Gasteiger partial charge in [0.25, 0.3) is 0 Å². The molecule has 1 nitrogen and oxygen atoms in total. The van der Waals surface area contributed by atoms with E-state index in [1.165, 1.54) is 48.4 Å². The molecule has 0 amide bonds. The average molecular weight is 305 g/mol. The molecular weight excluding hydrogens is 288 g/mol. The lowest BCUT2D eigenvalue weighted by atomic mass is 10.2. The Balaban J connectivity index is 1.63. The Bertz CT molecular complexity index is 606. The van der Waals surface area contributed by atoms with E-state index in [0.717, 1.165) is 11.4 Å². The van der Waals surface area contributed by atoms with Crippen molar-refractivity contribution in [1.29, 1.82) is 0 Å². The zero-order valence-corrected chi connectivity index (χ0v) is 12.4. The summed E-state index contributed by atoms with van der Waals surface area (Å²) in [6.07, 6.45) is 2.53. The molecule has 1 saturated carbocycles. The van der Waals surface area contributed by atoms with Crippen LogP contribution in [0.25, 0.3) is 0 Å². The molecule has 1 aliphatic rings. The van der Waals surface area contributed by atoms with Crippen LogP contribution in [0.1, 0.15) is 24.0 Å². The van der Waals surface area contributed by atoms with Gasteiger partial charge >= 0.3 is 0 Å². The zero-order chi connectivity index (χ0) is 14.7. The van der Waals surface area contributed by atoms with Crippen molar-refractivity contribution < 1.29 is 8.78 Å². The second-order valence-corrected chi connectivity index (χ2v) is 6.34. The van der Waals surface area contributed by atoms with Crippen LogP contribution in [0.2, 0.25) is 0 Å². The molecule has 0 saturated heterocycles. The van der Waals surface area contributed by atoms with Crippen LogP contribution in [-0.4, -0.2) is 6.04 Å². The molecule has 2 aromatic carbocycles. The summed E-state index contributed by atoms with van der Waals surface area (Å²) >= 11 is 1.46. The maximum Gasteiger partial charge on any atom is 0.130 e. The van der Waals surface area contributed by atoms with E-state index >= 15 is 0 Å². The number of rotatable bonds is 6. The van der Waals surface area contributed by atoms with Crippen molar-refractivity contribution in [3.63, 3.8) is 0 Å². The van der Waals surface area contributed by atoms with E-state index < -0.39 is 11.6 Å². The standard InChI is InChI=1S/C17H17F2NS/c18-16-5-2-6-17(19)15(16)11-21-14-4-1-3-12(9-14)10-20-13-7-8-13/h1-6,9,13,20H,7-8,10-11H2.